The maximum absolute atomic E-state index is 13.1. The van der Waals surface area contributed by atoms with Crippen molar-refractivity contribution in [1.82, 2.24) is 10.6 Å². The van der Waals surface area contributed by atoms with E-state index in [-0.39, 0.29) is 42.9 Å². The summed E-state index contributed by atoms with van der Waals surface area (Å²) in [6.45, 7) is 0.220. The number of ether oxygens (including phenoxy) is 1. The van der Waals surface area contributed by atoms with Gasteiger partial charge in [0.15, 0.2) is 0 Å². The van der Waals surface area contributed by atoms with Crippen LogP contribution in [0.25, 0.3) is 11.1 Å². The highest BCUT2D eigenvalue weighted by molar-refractivity contribution is 5.93. The fourth-order valence-electron chi connectivity index (χ4n) is 3.90. The Labute approximate surface area is 206 Å². The molecule has 12 heteroatoms. The van der Waals surface area contributed by atoms with Crippen molar-refractivity contribution < 1.29 is 39.2 Å². The lowest BCUT2D eigenvalue weighted by molar-refractivity contribution is -0.144. The molecule has 192 valence electrons. The molecule has 1 heterocycles. The highest BCUT2D eigenvalue weighted by Crippen LogP contribution is 2.31. The number of hydrogen-bond acceptors (Lipinski definition) is 9. The monoisotopic (exact) mass is 500 g/mol. The van der Waals surface area contributed by atoms with Crippen molar-refractivity contribution in [1.29, 1.82) is 0 Å². The van der Waals surface area contributed by atoms with E-state index in [9.17, 15) is 29.4 Å². The minimum Gasteiger partial charge on any atom is -0.508 e. The lowest BCUT2D eigenvalue weighted by atomic mass is 9.95. The molecule has 0 unspecified atom stereocenters. The summed E-state index contributed by atoms with van der Waals surface area (Å²) < 4.78 is 4.27. The normalized spacial score (nSPS) is 20.3. The van der Waals surface area contributed by atoms with Gasteiger partial charge in [-0.2, -0.15) is 0 Å². The average Bonchev–Trinajstić information content (AvgIpc) is 2.82. The molecule has 3 rings (SSSR count). The van der Waals surface area contributed by atoms with Gasteiger partial charge in [-0.1, -0.05) is 12.1 Å². The van der Waals surface area contributed by atoms with E-state index in [1.165, 1.54) is 12.1 Å². The number of rotatable bonds is 4. The van der Waals surface area contributed by atoms with E-state index in [4.69, 9.17) is 16.6 Å². The third kappa shape index (κ3) is 6.49. The van der Waals surface area contributed by atoms with Gasteiger partial charge < -0.3 is 42.2 Å². The van der Waals surface area contributed by atoms with Crippen molar-refractivity contribution in [2.45, 2.75) is 43.8 Å². The smallest absolute Gasteiger partial charge is 0.508 e. The first-order valence-electron chi connectivity index (χ1n) is 11.2. The number of carbonyl (C=O) groups is 4. The van der Waals surface area contributed by atoms with E-state index >= 15 is 0 Å². The summed E-state index contributed by atoms with van der Waals surface area (Å²) in [4.78, 5) is 49.4. The van der Waals surface area contributed by atoms with E-state index in [1.54, 1.807) is 24.3 Å². The second-order valence-corrected chi connectivity index (χ2v) is 8.44. The van der Waals surface area contributed by atoms with E-state index in [0.717, 1.165) is 0 Å². The average molecular weight is 501 g/mol. The number of fused-ring (bicyclic) bond motifs is 5. The first kappa shape index (κ1) is 26.4. The molecule has 36 heavy (non-hydrogen) atoms. The van der Waals surface area contributed by atoms with Gasteiger partial charge in [0.2, 0.25) is 11.8 Å². The molecule has 0 aromatic heterocycles. The zero-order valence-corrected chi connectivity index (χ0v) is 19.3. The number of esters is 1. The van der Waals surface area contributed by atoms with E-state index in [1.807, 2.05) is 0 Å². The van der Waals surface area contributed by atoms with Crippen molar-refractivity contribution in [3.63, 3.8) is 0 Å². The molecule has 2 aromatic rings. The Morgan fingerprint density at radius 2 is 1.53 bits per heavy atom. The molecule has 0 saturated carbocycles. The summed E-state index contributed by atoms with van der Waals surface area (Å²) in [7, 11) is 0. The fourth-order valence-corrected chi connectivity index (χ4v) is 3.90. The van der Waals surface area contributed by atoms with Crippen LogP contribution in [0.4, 0.5) is 4.79 Å². The first-order valence-corrected chi connectivity index (χ1v) is 11.2. The van der Waals surface area contributed by atoms with Gasteiger partial charge in [-0.25, -0.2) is 9.59 Å². The standard InChI is InChI=1S/C24H28N4O8/c25-7-1-2-17-22(32)28-18(23(33)36-24(34)35)11-15-9-13(4-6-20(15)30)12-3-5-19(29)14(8-12)10-16(26)21(31)27-17/h3-6,8-9,16-18,29-30H,1-2,7,10-11,25-26H2,(H,27,31)(H,28,32)(H,34,35)/t16-,17-,18-/m0/s1. The molecular formula is C24H28N4O8. The second-order valence-electron chi connectivity index (χ2n) is 8.44. The van der Waals surface area contributed by atoms with Crippen molar-refractivity contribution in [2.24, 2.45) is 11.5 Å². The molecule has 0 radical (unpaired) electrons. The highest BCUT2D eigenvalue weighted by atomic mass is 16.7. The van der Waals surface area contributed by atoms with Crippen LogP contribution in [0.1, 0.15) is 24.0 Å². The number of carbonyl (C=O) groups excluding carboxylic acids is 3. The molecule has 12 nitrogen and oxygen atoms in total. The third-order valence-corrected chi connectivity index (χ3v) is 5.81. The molecule has 0 fully saturated rings. The van der Waals surface area contributed by atoms with Crippen LogP contribution >= 0.6 is 0 Å². The van der Waals surface area contributed by atoms with Crippen LogP contribution < -0.4 is 22.1 Å². The number of hydrogen-bond donors (Lipinski definition) is 7. The summed E-state index contributed by atoms with van der Waals surface area (Å²) in [6, 6.07) is 5.51. The summed E-state index contributed by atoms with van der Waals surface area (Å²) in [5.41, 5.74) is 13.5. The minimum atomic E-state index is -1.86. The Morgan fingerprint density at radius 1 is 0.944 bits per heavy atom. The predicted molar refractivity (Wildman–Crippen MR) is 127 cm³/mol. The highest BCUT2D eigenvalue weighted by Gasteiger charge is 2.31. The molecule has 2 aromatic carbocycles. The lowest BCUT2D eigenvalue weighted by Gasteiger charge is -2.23. The number of nitrogens with one attached hydrogen (secondary N) is 2. The maximum atomic E-state index is 13.1. The summed E-state index contributed by atoms with van der Waals surface area (Å²) >= 11 is 0. The summed E-state index contributed by atoms with van der Waals surface area (Å²) in [6.07, 6.45) is -1.74. The zero-order valence-electron chi connectivity index (χ0n) is 19.3. The molecule has 1 aliphatic heterocycles. The van der Waals surface area contributed by atoms with Gasteiger partial charge in [0.1, 0.15) is 23.6 Å². The number of nitrogens with two attached hydrogens (primary N) is 2. The van der Waals surface area contributed by atoms with Gasteiger partial charge in [-0.15, -0.1) is 0 Å². The molecule has 0 spiro atoms. The number of phenolic OH excluding ortho intramolecular Hbond substituents is 2. The molecule has 1 aliphatic rings. The first-order chi connectivity index (χ1) is 17.1. The number of phenols is 2. The Kier molecular flexibility index (Phi) is 8.46. The van der Waals surface area contributed by atoms with Gasteiger partial charge in [0.25, 0.3) is 0 Å². The van der Waals surface area contributed by atoms with Gasteiger partial charge in [0.05, 0.1) is 6.04 Å². The van der Waals surface area contributed by atoms with Crippen LogP contribution in [-0.4, -0.2) is 63.9 Å². The van der Waals surface area contributed by atoms with E-state index < -0.39 is 42.1 Å². The number of carboxylic acid groups (broad SMARTS) is 1. The zero-order chi connectivity index (χ0) is 26.4. The van der Waals surface area contributed by atoms with E-state index in [2.05, 4.69) is 15.4 Å². The number of amides is 2. The van der Waals surface area contributed by atoms with Gasteiger partial charge in [0, 0.05) is 12.8 Å². The van der Waals surface area contributed by atoms with Crippen molar-refractivity contribution >= 4 is 23.9 Å². The van der Waals surface area contributed by atoms with Crippen molar-refractivity contribution in [3.05, 3.63) is 47.5 Å². The van der Waals surface area contributed by atoms with E-state index in [0.29, 0.717) is 23.1 Å². The predicted octanol–water partition coefficient (Wildman–Crippen LogP) is 0.120. The number of aromatic hydroxyl groups is 2. The molecule has 0 aliphatic carbocycles. The fraction of sp³-hybridized carbons (Fsp3) is 0.333. The van der Waals surface area contributed by atoms with Gasteiger partial charge >= 0.3 is 12.1 Å². The third-order valence-electron chi connectivity index (χ3n) is 5.81. The largest absolute Gasteiger partial charge is 0.513 e. The summed E-state index contributed by atoms with van der Waals surface area (Å²) in [5, 5.41) is 34.6. The van der Waals surface area contributed by atoms with Crippen LogP contribution in [0.15, 0.2) is 36.4 Å². The lowest BCUT2D eigenvalue weighted by Crippen LogP contribution is -2.55. The van der Waals surface area contributed by atoms with Crippen LogP contribution in [0.2, 0.25) is 0 Å². The molecule has 4 bridgehead atoms. The second kappa shape index (κ2) is 11.5. The van der Waals surface area contributed by atoms with Crippen LogP contribution in [-0.2, 0) is 32.0 Å². The van der Waals surface area contributed by atoms with Gasteiger partial charge in [-0.3, -0.25) is 9.59 Å². The molecular weight excluding hydrogens is 472 g/mol. The van der Waals surface area contributed by atoms with Crippen molar-refractivity contribution in [3.8, 4) is 22.6 Å². The number of benzene rings is 2. The van der Waals surface area contributed by atoms with Crippen molar-refractivity contribution in [2.75, 3.05) is 6.54 Å². The summed E-state index contributed by atoms with van der Waals surface area (Å²) in [5.74, 6) is -2.99. The molecule has 3 atom stereocenters. The Balaban J connectivity index is 2.10. The SMILES string of the molecule is NCCC[C@@H]1NC(=O)[C@@H](N)Cc2cc(ccc2O)-c2ccc(O)c(c2)C[C@@H](C(=O)OC(=O)O)NC1=O. The Hall–Kier alpha value is -4.16. The Morgan fingerprint density at radius 3 is 2.08 bits per heavy atom. The Bertz CT molecular complexity index is 1170. The molecule has 0 saturated heterocycles. The minimum absolute atomic E-state index is 0.0325. The quantitative estimate of drug-likeness (QED) is 0.222. The van der Waals surface area contributed by atoms with Crippen LogP contribution in [0, 0.1) is 0 Å². The maximum Gasteiger partial charge on any atom is 0.513 e. The molecule has 2 amide bonds. The van der Waals surface area contributed by atoms with Crippen LogP contribution in [0.3, 0.4) is 0 Å². The van der Waals surface area contributed by atoms with Gasteiger partial charge in [-0.05, 0) is 65.9 Å². The molecule has 9 N–H and O–H groups in total. The topological polar surface area (TPSA) is 214 Å². The van der Waals surface area contributed by atoms with Crippen LogP contribution in [0.5, 0.6) is 11.5 Å².